The summed E-state index contributed by atoms with van der Waals surface area (Å²) in [7, 11) is 7.57. The molecular weight excluding hydrogens is 981 g/mol. The van der Waals surface area contributed by atoms with Crippen LogP contribution in [0.3, 0.4) is 0 Å². The summed E-state index contributed by atoms with van der Waals surface area (Å²) in [4.78, 5) is 31.8. The second kappa shape index (κ2) is 21.6. The second-order valence-electron chi connectivity index (χ2n) is 23.3. The van der Waals surface area contributed by atoms with Gasteiger partial charge >= 0.3 is 0 Å². The largest absolute Gasteiger partial charge is 0.487 e. The van der Waals surface area contributed by atoms with Crippen LogP contribution in [0, 0.1) is 17.8 Å². The van der Waals surface area contributed by atoms with Gasteiger partial charge in [0.25, 0.3) is 5.91 Å². The Hall–Kier alpha value is -3.20. The number of carbonyl (C=O) groups is 2. The number of likely N-dealkylation sites (tertiary alicyclic amines) is 2. The van der Waals surface area contributed by atoms with Crippen LogP contribution in [0.5, 0.6) is 11.5 Å². The first kappa shape index (κ1) is 52.8. The lowest BCUT2D eigenvalue weighted by atomic mass is 9.53. The molecule has 2 aromatic rings. The SMILES string of the molecule is CC(C)Cc1ccc2c(c1)[C@]13CCN(C)[C@H](C2)C1C=C[C@H](OC1OC(C(=O)NCCSSCCNC(=O)C2CCCC(O[C@H]4C=CC5[C@H]6Cc7ccc(OC(C)C)c8c7[C@@]5(CCN6C)[C@H]4O8)O2)[C@@H](O)[C@@H](O)[C@@H]1O)C3. The van der Waals surface area contributed by atoms with E-state index >= 15 is 0 Å². The van der Waals surface area contributed by atoms with E-state index in [1.165, 1.54) is 27.8 Å². The maximum atomic E-state index is 13.5. The molecule has 5 N–H and O–H groups in total. The lowest BCUT2D eigenvalue weighted by Gasteiger charge is -2.58. The van der Waals surface area contributed by atoms with E-state index in [1.54, 1.807) is 21.6 Å². The molecule has 0 saturated carbocycles. The molecule has 11 rings (SSSR count). The summed E-state index contributed by atoms with van der Waals surface area (Å²) < 4.78 is 38.9. The Bertz CT molecular complexity index is 2460. The molecule has 0 radical (unpaired) electrons. The van der Waals surface area contributed by atoms with E-state index in [2.05, 4.69) is 103 Å². The minimum atomic E-state index is -1.64. The van der Waals surface area contributed by atoms with Gasteiger partial charge in [0, 0.05) is 64.9 Å². The highest BCUT2D eigenvalue weighted by molar-refractivity contribution is 8.76. The fourth-order valence-corrected chi connectivity index (χ4v) is 16.3. The average molecular weight is 1060 g/mol. The first-order valence-electron chi connectivity index (χ1n) is 27.5. The van der Waals surface area contributed by atoms with Crippen LogP contribution >= 0.6 is 21.6 Å². The van der Waals surface area contributed by atoms with Crippen LogP contribution < -0.4 is 20.1 Å². The summed E-state index contributed by atoms with van der Waals surface area (Å²) in [6, 6.07) is 12.1. The van der Waals surface area contributed by atoms with E-state index in [1.807, 2.05) is 13.8 Å². The van der Waals surface area contributed by atoms with Gasteiger partial charge in [-0.3, -0.25) is 9.59 Å². The number of nitrogens with zero attached hydrogens (tertiary/aromatic N) is 2. The molecule has 2 aromatic carbocycles. The molecule has 0 aromatic heterocycles. The average Bonchev–Trinajstić information content (AvgIpc) is 3.78. The fraction of sp³-hybridized carbons (Fsp3) is 0.684. The van der Waals surface area contributed by atoms with Gasteiger partial charge in [0.15, 0.2) is 30.2 Å². The Balaban J connectivity index is 0.626. The first-order chi connectivity index (χ1) is 35.6. The van der Waals surface area contributed by atoms with Crippen molar-refractivity contribution in [1.82, 2.24) is 20.4 Å². The lowest BCUT2D eigenvalue weighted by molar-refractivity contribution is -0.299. The first-order valence-corrected chi connectivity index (χ1v) is 30.0. The van der Waals surface area contributed by atoms with Crippen LogP contribution in [0.25, 0.3) is 0 Å². The number of carbonyl (C=O) groups excluding carboxylic acids is 2. The van der Waals surface area contributed by atoms with Crippen molar-refractivity contribution in [3.8, 4) is 11.5 Å². The van der Waals surface area contributed by atoms with Crippen molar-refractivity contribution in [3.63, 3.8) is 0 Å². The normalized spacial score (nSPS) is 37.7. The smallest absolute Gasteiger partial charge is 0.252 e. The maximum absolute atomic E-state index is 13.5. The number of hydrogen-bond donors (Lipinski definition) is 5. The quantitative estimate of drug-likeness (QED) is 0.0814. The molecule has 17 heteroatoms. The van der Waals surface area contributed by atoms with Gasteiger partial charge in [-0.1, -0.05) is 84.0 Å². The Morgan fingerprint density at radius 1 is 0.811 bits per heavy atom. The molecule has 16 atom stereocenters. The monoisotopic (exact) mass is 1060 g/mol. The summed E-state index contributed by atoms with van der Waals surface area (Å²) in [6.07, 6.45) is 6.86. The van der Waals surface area contributed by atoms with Gasteiger partial charge in [-0.25, -0.2) is 0 Å². The molecule has 4 bridgehead atoms. The minimum absolute atomic E-state index is 0.0176. The summed E-state index contributed by atoms with van der Waals surface area (Å²) in [5.74, 6) is 3.26. The van der Waals surface area contributed by atoms with Crippen molar-refractivity contribution in [2.45, 2.75) is 176 Å². The van der Waals surface area contributed by atoms with Crippen molar-refractivity contribution in [3.05, 3.63) is 82.5 Å². The summed E-state index contributed by atoms with van der Waals surface area (Å²) in [5, 5.41) is 38.9. The predicted octanol–water partition coefficient (Wildman–Crippen LogP) is 4.98. The number of ether oxygens (including phenoxy) is 6. The van der Waals surface area contributed by atoms with E-state index < -0.39 is 55.1 Å². The van der Waals surface area contributed by atoms with Crippen LogP contribution in [0.15, 0.2) is 54.6 Å². The number of hydrogen-bond acceptors (Lipinski definition) is 15. The van der Waals surface area contributed by atoms with Gasteiger partial charge in [0.1, 0.15) is 36.6 Å². The third-order valence-electron chi connectivity index (χ3n) is 17.9. The molecule has 2 amide bonds. The number of amides is 2. The van der Waals surface area contributed by atoms with Crippen LogP contribution in [-0.4, -0.2) is 168 Å². The summed E-state index contributed by atoms with van der Waals surface area (Å²) in [5.41, 5.74) is 6.38. The third-order valence-corrected chi connectivity index (χ3v) is 20.3. The number of rotatable bonds is 17. The molecule has 74 heavy (non-hydrogen) atoms. The number of fused-ring (bicyclic) bond motifs is 1. The van der Waals surface area contributed by atoms with Crippen LogP contribution in [0.4, 0.5) is 0 Å². The van der Waals surface area contributed by atoms with Crippen LogP contribution in [0.2, 0.25) is 0 Å². The van der Waals surface area contributed by atoms with Gasteiger partial charge in [-0.15, -0.1) is 0 Å². The molecule has 4 fully saturated rings. The van der Waals surface area contributed by atoms with Crippen molar-refractivity contribution in [2.75, 3.05) is 51.8 Å². The highest BCUT2D eigenvalue weighted by Gasteiger charge is 2.65. The second-order valence-corrected chi connectivity index (χ2v) is 26.0. The van der Waals surface area contributed by atoms with Crippen molar-refractivity contribution < 1.29 is 53.3 Å². The molecule has 5 heterocycles. The zero-order valence-electron chi connectivity index (χ0n) is 43.9. The third kappa shape index (κ3) is 9.67. The highest BCUT2D eigenvalue weighted by atomic mass is 33.1. The van der Waals surface area contributed by atoms with E-state index in [9.17, 15) is 24.9 Å². The van der Waals surface area contributed by atoms with E-state index in [0.29, 0.717) is 67.2 Å². The molecule has 15 nitrogen and oxygen atoms in total. The summed E-state index contributed by atoms with van der Waals surface area (Å²) >= 11 is 0. The highest BCUT2D eigenvalue weighted by Crippen LogP contribution is 2.63. The van der Waals surface area contributed by atoms with Gasteiger partial charge in [-0.05, 0) is 133 Å². The predicted molar refractivity (Wildman–Crippen MR) is 284 cm³/mol. The Kier molecular flexibility index (Phi) is 15.4. The maximum Gasteiger partial charge on any atom is 0.252 e. The summed E-state index contributed by atoms with van der Waals surface area (Å²) in [6.45, 7) is 11.2. The van der Waals surface area contributed by atoms with Gasteiger partial charge in [0.2, 0.25) is 5.91 Å². The zero-order valence-corrected chi connectivity index (χ0v) is 45.5. The number of aliphatic hydroxyl groups is 3. The molecule has 5 aliphatic heterocycles. The standard InChI is InChI=1S/C57H78N4O11S2/c1-31(2)26-33-10-11-34-28-40-37-14-13-36(30-56(37,39(34)27-33)18-22-60(40)5)68-55-49(64)47(62)48(63)51(72-55)54(66)59-21-25-74-73-24-20-58-53(65)44-8-7-9-45(70-44)69-43-17-15-38-41-29-35-12-16-42(67-32(3)4)50-46(35)57(38,52(43)71-50)19-23-61(41)6/h10-17,27,31-32,36-38,40-41,43-45,47-49,51-52,55,62-64H,7-9,18-26,28-30H2,1-6H3,(H,58,65)(H,59,66)/t36-,37?,38?,40+,41+,43-,44?,45?,47+,48-,49-,51?,52-,55?,56-,57-/m0/s1. The molecule has 1 spiro atoms. The number of piperidine rings is 2. The lowest BCUT2D eigenvalue weighted by Crippen LogP contribution is -2.65. The molecule has 4 saturated heterocycles. The Labute approximate surface area is 444 Å². The van der Waals surface area contributed by atoms with E-state index in [0.717, 1.165) is 63.1 Å². The van der Waals surface area contributed by atoms with Gasteiger partial charge < -0.3 is 64.2 Å². The number of likely N-dealkylation sites (N-methyl/N-ethyl adjacent to an activating group) is 2. The Morgan fingerprint density at radius 2 is 1.53 bits per heavy atom. The minimum Gasteiger partial charge on any atom is -0.487 e. The van der Waals surface area contributed by atoms with Crippen molar-refractivity contribution in [1.29, 1.82) is 0 Å². The molecule has 404 valence electrons. The van der Waals surface area contributed by atoms with Gasteiger partial charge in [0.05, 0.1) is 12.2 Å². The van der Waals surface area contributed by atoms with Crippen LogP contribution in [-0.2, 0) is 58.6 Å². The van der Waals surface area contributed by atoms with E-state index in [-0.39, 0.29) is 41.6 Å². The number of aliphatic hydroxyl groups excluding tert-OH is 3. The molecule has 6 unspecified atom stereocenters. The molecule has 4 aliphatic carbocycles. The van der Waals surface area contributed by atoms with E-state index in [4.69, 9.17) is 28.4 Å². The van der Waals surface area contributed by atoms with Crippen molar-refractivity contribution >= 4 is 33.4 Å². The number of benzene rings is 2. The molecule has 9 aliphatic rings. The fourth-order valence-electron chi connectivity index (χ4n) is 14.5. The Morgan fingerprint density at radius 3 is 2.30 bits per heavy atom. The topological polar surface area (TPSA) is 181 Å². The van der Waals surface area contributed by atoms with Gasteiger partial charge in [-0.2, -0.15) is 0 Å². The van der Waals surface area contributed by atoms with Crippen molar-refractivity contribution in [2.24, 2.45) is 17.8 Å². The van der Waals surface area contributed by atoms with Crippen LogP contribution in [0.1, 0.15) is 94.0 Å². The zero-order chi connectivity index (χ0) is 51.6. The molecular formula is C57H78N4O11S2. The number of nitrogens with one attached hydrogen (secondary N) is 2.